The van der Waals surface area contributed by atoms with E-state index in [0.717, 1.165) is 492 Å². The molecule has 0 aliphatic carbocycles. The second-order valence-electron chi connectivity index (χ2n) is 42.9. The van der Waals surface area contributed by atoms with Crippen LogP contribution in [0, 0.1) is 0 Å². The van der Waals surface area contributed by atoms with Crippen molar-refractivity contribution in [3.8, 4) is 0 Å². The number of piperidine rings is 5. The molecule has 149 heavy (non-hydrogen) atoms. The van der Waals surface area contributed by atoms with Gasteiger partial charge in [-0.25, -0.2) is 0 Å². The maximum atomic E-state index is 11.9. The zero-order valence-electron chi connectivity index (χ0n) is 92.9. The van der Waals surface area contributed by atoms with Crippen LogP contribution in [0.5, 0.6) is 0 Å². The molecule has 14 fully saturated rings. The lowest BCUT2D eigenvalue weighted by molar-refractivity contribution is -0.151. The molecule has 0 N–H and O–H groups in total. The van der Waals surface area contributed by atoms with E-state index in [1.165, 1.54) is 19.3 Å². The molecule has 14 rings (SSSR count). The van der Waals surface area contributed by atoms with Gasteiger partial charge in [-0.3, -0.25) is 67.1 Å². The molecule has 14 aliphatic heterocycles. The molecule has 0 aromatic carbocycles. The Morgan fingerprint density at radius 2 is 0.336 bits per heavy atom. The fourth-order valence-corrected chi connectivity index (χ4v) is 21.4. The lowest BCUT2D eigenvalue weighted by atomic mass is 10.1. The summed E-state index contributed by atoms with van der Waals surface area (Å²) in [5.74, 6) is 3.77. The third kappa shape index (κ3) is 54.3. The molecule has 35 nitrogen and oxygen atoms in total. The van der Waals surface area contributed by atoms with Crippen LogP contribution in [0.15, 0.2) is 0 Å². The van der Waals surface area contributed by atoms with Crippen LogP contribution in [0.2, 0.25) is 0 Å². The summed E-state index contributed by atoms with van der Waals surface area (Å²) >= 11 is 0. The van der Waals surface area contributed by atoms with E-state index in [1.54, 1.807) is 9.80 Å². The SMILES string of the molecule is CC(OCCN1CCCC1=O)N1CCCCCC1=O.CC(OCN1CCCCCC1=O)N1CCCC1=O.O=C1CCCCCN1CCCCOCCCCN1CCCCC1=O.O=C1CCCCCN1CCCOCCCN1CCCCC1=O.O=C1CCCCN1CCCCOCCCN1CCCCCC1=O.O=C1CCCCN1CCCCOCCN1CCCCCC1=O.O=C1CCCCN1CCCCOCN1CCCCCC1=O. The lowest BCUT2D eigenvalue weighted by Crippen LogP contribution is -2.41. The van der Waals surface area contributed by atoms with Crippen molar-refractivity contribution < 1.29 is 100 Å². The van der Waals surface area contributed by atoms with E-state index in [4.69, 9.17) is 33.2 Å². The van der Waals surface area contributed by atoms with E-state index in [2.05, 4.69) is 0 Å². The van der Waals surface area contributed by atoms with Gasteiger partial charge in [0.2, 0.25) is 82.7 Å². The van der Waals surface area contributed by atoms with Gasteiger partial charge in [0.1, 0.15) is 25.9 Å². The van der Waals surface area contributed by atoms with Crippen LogP contribution < -0.4 is 0 Å². The van der Waals surface area contributed by atoms with E-state index in [0.29, 0.717) is 158 Å². The van der Waals surface area contributed by atoms with E-state index in [9.17, 15) is 67.1 Å². The molecule has 2 atom stereocenters. The van der Waals surface area contributed by atoms with Crippen LogP contribution in [0.4, 0.5) is 0 Å². The van der Waals surface area contributed by atoms with Crippen molar-refractivity contribution in [2.45, 2.75) is 412 Å². The Kier molecular flexibility index (Phi) is 67.3. The van der Waals surface area contributed by atoms with E-state index in [-0.39, 0.29) is 47.9 Å². The second-order valence-corrected chi connectivity index (χ2v) is 42.9. The number of carbonyl (C=O) groups excluding carboxylic acids is 14. The predicted octanol–water partition coefficient (Wildman–Crippen LogP) is 14.8. The van der Waals surface area contributed by atoms with Crippen LogP contribution in [0.3, 0.4) is 0 Å². The Morgan fingerprint density at radius 3 is 0.617 bits per heavy atom. The number of unbranched alkanes of at least 4 members (excludes halogenated alkanes) is 5. The van der Waals surface area contributed by atoms with Crippen molar-refractivity contribution in [2.75, 3.05) is 237 Å². The van der Waals surface area contributed by atoms with Crippen LogP contribution in [0.1, 0.15) is 399 Å². The molecule has 2 unspecified atom stereocenters. The topological polar surface area (TPSA) is 349 Å². The molecule has 35 heteroatoms. The molecule has 0 radical (unpaired) electrons. The number of nitrogens with zero attached hydrogens (tertiary/aromatic N) is 14. The number of amides is 14. The van der Waals surface area contributed by atoms with Gasteiger partial charge in [-0.2, -0.15) is 0 Å². The first-order valence-corrected chi connectivity index (χ1v) is 59.8. The zero-order chi connectivity index (χ0) is 106. The summed E-state index contributed by atoms with van der Waals surface area (Å²) in [6, 6.07) is 0. The molecule has 0 saturated carbocycles. The van der Waals surface area contributed by atoms with Crippen LogP contribution >= 0.6 is 0 Å². The molecule has 14 amide bonds. The fourth-order valence-electron chi connectivity index (χ4n) is 21.4. The van der Waals surface area contributed by atoms with Gasteiger partial charge >= 0.3 is 0 Å². The maximum absolute atomic E-state index is 11.9. The quantitative estimate of drug-likeness (QED) is 0.0510. The van der Waals surface area contributed by atoms with Crippen molar-refractivity contribution in [3.05, 3.63) is 0 Å². The largest absolute Gasteiger partial charge is 0.381 e. The highest BCUT2D eigenvalue weighted by molar-refractivity contribution is 5.82. The normalized spacial score (nSPS) is 20.9. The Bertz CT molecular complexity index is 3730. The Labute approximate surface area is 895 Å². The van der Waals surface area contributed by atoms with E-state index < -0.39 is 0 Å². The average molecular weight is 2100 g/mol. The van der Waals surface area contributed by atoms with Gasteiger partial charge in [0, 0.05) is 300 Å². The Hall–Kier alpha value is -7.70. The van der Waals surface area contributed by atoms with Crippen molar-refractivity contribution in [1.29, 1.82) is 0 Å². The van der Waals surface area contributed by atoms with Gasteiger partial charge in [-0.1, -0.05) is 44.9 Å². The third-order valence-electron chi connectivity index (χ3n) is 30.8. The fraction of sp³-hybridized carbons (Fsp3) is 0.877. The number of likely N-dealkylation sites (tertiary alicyclic amines) is 14. The summed E-state index contributed by atoms with van der Waals surface area (Å²) in [6.07, 6.45) is 58.0. The smallest absolute Gasteiger partial charge is 0.224 e. The summed E-state index contributed by atoms with van der Waals surface area (Å²) in [5, 5.41) is 0. The highest BCUT2D eigenvalue weighted by atomic mass is 16.5. The van der Waals surface area contributed by atoms with Gasteiger partial charge in [-0.15, -0.1) is 0 Å². The van der Waals surface area contributed by atoms with Gasteiger partial charge < -0.3 is 102 Å². The molecule has 14 aliphatic rings. The number of carbonyl (C=O) groups is 14. The first-order valence-electron chi connectivity index (χ1n) is 59.8. The summed E-state index contributed by atoms with van der Waals surface area (Å²) in [5.41, 5.74) is 0. The summed E-state index contributed by atoms with van der Waals surface area (Å²) in [7, 11) is 0. The first-order chi connectivity index (χ1) is 72.7. The summed E-state index contributed by atoms with van der Waals surface area (Å²) < 4.78 is 39.7. The Balaban J connectivity index is 0.000000212. The van der Waals surface area contributed by atoms with Gasteiger partial charge in [0.05, 0.1) is 13.2 Å². The second kappa shape index (κ2) is 79.3. The summed E-state index contributed by atoms with van der Waals surface area (Å²) in [6.45, 7) is 32.1. The van der Waals surface area contributed by atoms with Gasteiger partial charge in [0.25, 0.3) is 0 Å². The standard InChI is InChI=1S/C19H34N2O3.C18H32N2O3.2C17H30N2O3.C16H28N2O3.C14H24N2O3.C13H22N2O3/c22-18-10-2-1-4-12-20(18)14-6-8-16-24-17-9-7-15-21-13-5-3-11-19(21)23;21-17-9-2-1-4-11-20(17)14-8-16-23-15-7-6-13-19-12-5-3-10-18(19)22;20-16-8-2-1-4-10-18(16)12-6-14-22-15-7-13-19-11-5-3-9-17(19)21;20-16-9-3-5-11-18(16)12-6-7-14-22-15-13-19-10-4-1-2-8-17(19)21;19-15-9-3-5-10-17(15)11-6-7-13-21-14-18-12-4-1-2-8-16(18)20;1-12(16-9-4-2-3-6-14(16)18)19-11-10-15-8-5-7-13(15)17;1-11(15-9-5-7-13(15)17)18-10-14-8-4-2-3-6-12(14)16/h1-17H2;1-16H2;2*1-15H2;1-14H2;12H,2-11H2,1H3;11H,2-10H2,1H3. The highest BCUT2D eigenvalue weighted by Gasteiger charge is 2.31. The molecule has 14 heterocycles. The van der Waals surface area contributed by atoms with Crippen LogP contribution in [-0.2, 0) is 100 Å². The number of ether oxygens (including phenoxy) is 7. The van der Waals surface area contributed by atoms with Crippen molar-refractivity contribution in [3.63, 3.8) is 0 Å². The highest BCUT2D eigenvalue weighted by Crippen LogP contribution is 2.25. The minimum Gasteiger partial charge on any atom is -0.381 e. The molecule has 0 bridgehead atoms. The predicted molar refractivity (Wildman–Crippen MR) is 575 cm³/mol. The average Bonchev–Trinajstić information content (AvgIpc) is 1.73. The lowest BCUT2D eigenvalue weighted by Gasteiger charge is -2.28. The zero-order valence-corrected chi connectivity index (χ0v) is 92.9. The molecule has 14 saturated heterocycles. The number of hydrogen-bond acceptors (Lipinski definition) is 21. The maximum Gasteiger partial charge on any atom is 0.224 e. The number of rotatable bonds is 51. The molecule has 852 valence electrons. The summed E-state index contributed by atoms with van der Waals surface area (Å²) in [4.78, 5) is 191. The van der Waals surface area contributed by atoms with Gasteiger partial charge in [0.15, 0.2) is 0 Å². The van der Waals surface area contributed by atoms with Gasteiger partial charge in [-0.05, 0) is 264 Å². The van der Waals surface area contributed by atoms with E-state index >= 15 is 0 Å². The van der Waals surface area contributed by atoms with Crippen LogP contribution in [0.25, 0.3) is 0 Å². The molecule has 0 spiro atoms. The van der Waals surface area contributed by atoms with Crippen molar-refractivity contribution in [1.82, 2.24) is 68.6 Å². The van der Waals surface area contributed by atoms with Crippen molar-refractivity contribution in [2.24, 2.45) is 0 Å². The molecular formula is C114H200N14O21. The Morgan fingerprint density at radius 1 is 0.154 bits per heavy atom. The molecule has 0 aromatic heterocycles. The first kappa shape index (κ1) is 126. The minimum absolute atomic E-state index is 0.157. The molecule has 0 aromatic rings. The van der Waals surface area contributed by atoms with Crippen LogP contribution in [-0.4, -0.2) is 400 Å². The van der Waals surface area contributed by atoms with Crippen molar-refractivity contribution >= 4 is 82.7 Å². The monoisotopic (exact) mass is 2100 g/mol. The minimum atomic E-state index is -0.226. The number of hydrogen-bond donors (Lipinski definition) is 0. The van der Waals surface area contributed by atoms with E-state index in [1.807, 2.05) is 72.6 Å². The molecular weight excluding hydrogens is 1900 g/mol. The third-order valence-corrected chi connectivity index (χ3v) is 30.8.